The standard InChI is InChI=1S/C26H29F3N6O/c1-18(19-7-3-2-4-8-19)15-31-24-32-17-33-25(34-24)35-13-11-20(12-14-35)23(36)30-16-21-9-5-6-10-22(21)26(27,28)29/h2-10,17-18,20H,11-16H2,1H3,(H,30,36)(H,31,32,33,34)/t18-/m0/s1. The van der Waals surface area contributed by atoms with E-state index in [0.29, 0.717) is 44.4 Å². The van der Waals surface area contributed by atoms with Crippen LogP contribution in [0.2, 0.25) is 0 Å². The molecule has 1 amide bonds. The lowest BCUT2D eigenvalue weighted by atomic mass is 9.96. The summed E-state index contributed by atoms with van der Waals surface area (Å²) < 4.78 is 39.6. The largest absolute Gasteiger partial charge is 0.416 e. The number of hydrogen-bond donors (Lipinski definition) is 2. The van der Waals surface area contributed by atoms with Gasteiger partial charge in [-0.1, -0.05) is 55.5 Å². The van der Waals surface area contributed by atoms with Crippen molar-refractivity contribution in [3.63, 3.8) is 0 Å². The Kier molecular flexibility index (Phi) is 8.02. The van der Waals surface area contributed by atoms with Gasteiger partial charge < -0.3 is 15.5 Å². The molecule has 0 radical (unpaired) electrons. The van der Waals surface area contributed by atoms with Crippen LogP contribution in [0.4, 0.5) is 25.1 Å². The minimum atomic E-state index is -4.45. The van der Waals surface area contributed by atoms with Crippen molar-refractivity contribution in [1.82, 2.24) is 20.3 Å². The van der Waals surface area contributed by atoms with Gasteiger partial charge in [-0.25, -0.2) is 9.97 Å². The lowest BCUT2D eigenvalue weighted by molar-refractivity contribution is -0.138. The SMILES string of the molecule is C[C@@H](CNc1ncnc(N2CCC(C(=O)NCc3ccccc3C(F)(F)F)CC2)n1)c1ccccc1. The Hall–Kier alpha value is -3.69. The number of hydrogen-bond acceptors (Lipinski definition) is 6. The molecule has 0 unspecified atom stereocenters. The number of rotatable bonds is 8. The van der Waals surface area contributed by atoms with Crippen molar-refractivity contribution in [1.29, 1.82) is 0 Å². The number of amides is 1. The number of carbonyl (C=O) groups excluding carboxylic acids is 1. The second-order valence-electron chi connectivity index (χ2n) is 8.94. The molecule has 36 heavy (non-hydrogen) atoms. The minimum absolute atomic E-state index is 0.0579. The van der Waals surface area contributed by atoms with Crippen molar-refractivity contribution in [3.05, 3.63) is 77.6 Å². The minimum Gasteiger partial charge on any atom is -0.353 e. The monoisotopic (exact) mass is 498 g/mol. The number of nitrogens with one attached hydrogen (secondary N) is 2. The normalized spacial score (nSPS) is 15.4. The van der Waals surface area contributed by atoms with E-state index in [-0.39, 0.29) is 29.9 Å². The summed E-state index contributed by atoms with van der Waals surface area (Å²) in [7, 11) is 0. The maximum atomic E-state index is 13.2. The molecule has 2 aromatic carbocycles. The van der Waals surface area contributed by atoms with Crippen LogP contribution in [0, 0.1) is 5.92 Å². The fourth-order valence-electron chi connectivity index (χ4n) is 4.29. The molecule has 3 aromatic rings. The number of nitrogens with zero attached hydrogens (tertiary/aromatic N) is 4. The molecule has 190 valence electrons. The van der Waals surface area contributed by atoms with E-state index >= 15 is 0 Å². The summed E-state index contributed by atoms with van der Waals surface area (Å²) in [5.41, 5.74) is 0.557. The third-order valence-electron chi connectivity index (χ3n) is 6.42. The van der Waals surface area contributed by atoms with Gasteiger partial charge in [0.1, 0.15) is 6.33 Å². The Morgan fingerprint density at radius 3 is 2.47 bits per heavy atom. The van der Waals surface area contributed by atoms with Crippen LogP contribution in [0.3, 0.4) is 0 Å². The molecule has 0 saturated carbocycles. The lowest BCUT2D eigenvalue weighted by Crippen LogP contribution is -2.41. The van der Waals surface area contributed by atoms with Gasteiger partial charge in [0.25, 0.3) is 0 Å². The first-order valence-electron chi connectivity index (χ1n) is 12.0. The smallest absolute Gasteiger partial charge is 0.353 e. The van der Waals surface area contributed by atoms with E-state index < -0.39 is 11.7 Å². The molecule has 1 aromatic heterocycles. The first kappa shape index (κ1) is 25.4. The summed E-state index contributed by atoms with van der Waals surface area (Å²) in [6, 6.07) is 15.5. The van der Waals surface area contributed by atoms with Crippen LogP contribution >= 0.6 is 0 Å². The summed E-state index contributed by atoms with van der Waals surface area (Å²) >= 11 is 0. The Morgan fingerprint density at radius 2 is 1.75 bits per heavy atom. The highest BCUT2D eigenvalue weighted by molar-refractivity contribution is 5.79. The molecular formula is C26H29F3N6O. The fourth-order valence-corrected chi connectivity index (χ4v) is 4.29. The first-order valence-corrected chi connectivity index (χ1v) is 12.0. The van der Waals surface area contributed by atoms with Crippen LogP contribution in [0.25, 0.3) is 0 Å². The third-order valence-corrected chi connectivity index (χ3v) is 6.42. The Balaban J connectivity index is 1.27. The van der Waals surface area contributed by atoms with Gasteiger partial charge in [0, 0.05) is 32.1 Å². The van der Waals surface area contributed by atoms with Crippen LogP contribution in [0.5, 0.6) is 0 Å². The molecule has 0 spiro atoms. The number of carbonyl (C=O) groups is 1. The van der Waals surface area contributed by atoms with Crippen LogP contribution in [-0.2, 0) is 17.5 Å². The second-order valence-corrected chi connectivity index (χ2v) is 8.94. The van der Waals surface area contributed by atoms with Crippen molar-refractivity contribution < 1.29 is 18.0 Å². The molecule has 2 heterocycles. The molecule has 1 saturated heterocycles. The molecule has 0 aliphatic carbocycles. The first-order chi connectivity index (χ1) is 17.3. The van der Waals surface area contributed by atoms with E-state index in [9.17, 15) is 18.0 Å². The number of halogens is 3. The van der Waals surface area contributed by atoms with Gasteiger partial charge in [-0.05, 0) is 36.0 Å². The van der Waals surface area contributed by atoms with Gasteiger partial charge in [0.15, 0.2) is 0 Å². The lowest BCUT2D eigenvalue weighted by Gasteiger charge is -2.31. The molecule has 7 nitrogen and oxygen atoms in total. The third kappa shape index (κ3) is 6.50. The molecule has 0 bridgehead atoms. The number of benzene rings is 2. The van der Waals surface area contributed by atoms with Gasteiger partial charge in [-0.3, -0.25) is 4.79 Å². The number of alkyl halides is 3. The van der Waals surface area contributed by atoms with Gasteiger partial charge in [0.05, 0.1) is 5.56 Å². The Morgan fingerprint density at radius 1 is 1.06 bits per heavy atom. The maximum Gasteiger partial charge on any atom is 0.416 e. The summed E-state index contributed by atoms with van der Waals surface area (Å²) in [5, 5.41) is 5.94. The number of piperidine rings is 1. The quantitative estimate of drug-likeness (QED) is 0.471. The van der Waals surface area contributed by atoms with Crippen LogP contribution in [-0.4, -0.2) is 40.5 Å². The molecule has 1 fully saturated rings. The molecular weight excluding hydrogens is 469 g/mol. The zero-order valence-corrected chi connectivity index (χ0v) is 20.0. The second kappa shape index (κ2) is 11.4. The predicted molar refractivity (Wildman–Crippen MR) is 131 cm³/mol. The average molecular weight is 499 g/mol. The number of anilines is 2. The zero-order chi connectivity index (χ0) is 25.5. The van der Waals surface area contributed by atoms with Crippen molar-refractivity contribution in [2.45, 2.75) is 38.4 Å². The van der Waals surface area contributed by atoms with Crippen LogP contribution in [0.15, 0.2) is 60.9 Å². The summed E-state index contributed by atoms with van der Waals surface area (Å²) in [5.74, 6) is 0.803. The van der Waals surface area contributed by atoms with E-state index in [1.807, 2.05) is 23.1 Å². The highest BCUT2D eigenvalue weighted by Crippen LogP contribution is 2.32. The Bertz CT molecular complexity index is 1150. The van der Waals surface area contributed by atoms with Crippen molar-refractivity contribution in [2.75, 3.05) is 29.9 Å². The Labute approximate surface area is 208 Å². The van der Waals surface area contributed by atoms with E-state index in [2.05, 4.69) is 44.6 Å². The molecule has 1 aliphatic heterocycles. The molecule has 1 atom stereocenters. The highest BCUT2D eigenvalue weighted by atomic mass is 19.4. The predicted octanol–water partition coefficient (Wildman–Crippen LogP) is 4.64. The summed E-state index contributed by atoms with van der Waals surface area (Å²) in [6.07, 6.45) is -1.86. The fraction of sp³-hybridized carbons (Fsp3) is 0.385. The van der Waals surface area contributed by atoms with Gasteiger partial charge in [-0.15, -0.1) is 0 Å². The molecule has 4 rings (SSSR count). The van der Waals surface area contributed by atoms with Crippen LogP contribution < -0.4 is 15.5 Å². The van der Waals surface area contributed by atoms with Crippen molar-refractivity contribution in [2.24, 2.45) is 5.92 Å². The highest BCUT2D eigenvalue weighted by Gasteiger charge is 2.33. The van der Waals surface area contributed by atoms with Crippen molar-refractivity contribution >= 4 is 17.8 Å². The topological polar surface area (TPSA) is 83.0 Å². The summed E-state index contributed by atoms with van der Waals surface area (Å²) in [6.45, 7) is 3.79. The van der Waals surface area contributed by atoms with Gasteiger partial charge in [-0.2, -0.15) is 18.2 Å². The van der Waals surface area contributed by atoms with E-state index in [1.165, 1.54) is 30.1 Å². The zero-order valence-electron chi connectivity index (χ0n) is 20.0. The average Bonchev–Trinajstić information content (AvgIpc) is 2.91. The number of aromatic nitrogens is 3. The molecule has 1 aliphatic rings. The molecule has 10 heteroatoms. The van der Waals surface area contributed by atoms with Crippen LogP contribution in [0.1, 0.15) is 42.4 Å². The molecule has 2 N–H and O–H groups in total. The summed E-state index contributed by atoms with van der Waals surface area (Å²) in [4.78, 5) is 27.7. The van der Waals surface area contributed by atoms with Gasteiger partial charge in [0.2, 0.25) is 17.8 Å². The maximum absolute atomic E-state index is 13.2. The van der Waals surface area contributed by atoms with E-state index in [0.717, 1.165) is 6.07 Å². The van der Waals surface area contributed by atoms with E-state index in [1.54, 1.807) is 0 Å². The van der Waals surface area contributed by atoms with E-state index in [4.69, 9.17) is 0 Å². The van der Waals surface area contributed by atoms with Gasteiger partial charge >= 0.3 is 6.18 Å². The van der Waals surface area contributed by atoms with Crippen molar-refractivity contribution in [3.8, 4) is 0 Å².